The molecular formula is C13H16BrFN2O. The van der Waals surface area contributed by atoms with Crippen molar-refractivity contribution in [3.8, 4) is 0 Å². The minimum absolute atomic E-state index is 0.0412. The Morgan fingerprint density at radius 1 is 1.56 bits per heavy atom. The summed E-state index contributed by atoms with van der Waals surface area (Å²) in [5.41, 5.74) is 0.357. The second kappa shape index (κ2) is 5.80. The number of amides is 1. The van der Waals surface area contributed by atoms with Gasteiger partial charge in [-0.3, -0.25) is 4.79 Å². The van der Waals surface area contributed by atoms with Gasteiger partial charge in [-0.05, 0) is 37.6 Å². The Bertz CT molecular complexity index is 453. The molecule has 0 saturated carbocycles. The quantitative estimate of drug-likeness (QED) is 0.926. The highest BCUT2D eigenvalue weighted by molar-refractivity contribution is 9.10. The third kappa shape index (κ3) is 2.72. The molecule has 2 rings (SSSR count). The average Bonchev–Trinajstić information content (AvgIpc) is 2.71. The van der Waals surface area contributed by atoms with Crippen molar-refractivity contribution in [3.05, 3.63) is 28.5 Å². The van der Waals surface area contributed by atoms with Gasteiger partial charge in [0.2, 0.25) is 5.91 Å². The lowest BCUT2D eigenvalue weighted by Crippen LogP contribution is -2.38. The third-order valence-corrected chi connectivity index (χ3v) is 3.54. The minimum Gasteiger partial charge on any atom is -0.308 e. The molecule has 1 atom stereocenters. The monoisotopic (exact) mass is 314 g/mol. The topological polar surface area (TPSA) is 32.3 Å². The van der Waals surface area contributed by atoms with E-state index in [2.05, 4.69) is 28.2 Å². The highest BCUT2D eigenvalue weighted by atomic mass is 79.9. The number of anilines is 1. The maximum atomic E-state index is 13.7. The van der Waals surface area contributed by atoms with Crippen molar-refractivity contribution < 1.29 is 9.18 Å². The van der Waals surface area contributed by atoms with Crippen LogP contribution in [-0.4, -0.2) is 25.0 Å². The van der Waals surface area contributed by atoms with Crippen LogP contribution in [0.2, 0.25) is 0 Å². The summed E-state index contributed by atoms with van der Waals surface area (Å²) in [5, 5.41) is 3.19. The van der Waals surface area contributed by atoms with Gasteiger partial charge in [-0.1, -0.05) is 22.9 Å². The highest BCUT2D eigenvalue weighted by Gasteiger charge is 2.33. The Hall–Kier alpha value is -0.940. The Balaban J connectivity index is 2.15. The van der Waals surface area contributed by atoms with Crippen molar-refractivity contribution in [3.63, 3.8) is 0 Å². The molecule has 1 saturated heterocycles. The molecule has 0 aliphatic carbocycles. The first-order valence-electron chi connectivity index (χ1n) is 6.13. The highest BCUT2D eigenvalue weighted by Crippen LogP contribution is 2.27. The maximum absolute atomic E-state index is 13.7. The van der Waals surface area contributed by atoms with Crippen molar-refractivity contribution in [2.24, 2.45) is 0 Å². The molecule has 1 aromatic rings. The van der Waals surface area contributed by atoms with Crippen molar-refractivity contribution >= 4 is 27.5 Å². The second-order valence-corrected chi connectivity index (χ2v) is 5.30. The van der Waals surface area contributed by atoms with Gasteiger partial charge in [0, 0.05) is 11.0 Å². The number of rotatable bonds is 4. The number of carbonyl (C=O) groups excluding carboxylic acids is 1. The number of halogens is 2. The Morgan fingerprint density at radius 2 is 2.33 bits per heavy atom. The molecule has 1 amide bonds. The number of nitrogens with zero attached hydrogens (tertiary/aromatic N) is 1. The van der Waals surface area contributed by atoms with E-state index < -0.39 is 0 Å². The first-order valence-corrected chi connectivity index (χ1v) is 6.92. The van der Waals surface area contributed by atoms with Crippen LogP contribution in [0, 0.1) is 5.82 Å². The van der Waals surface area contributed by atoms with E-state index in [0.717, 1.165) is 23.9 Å². The van der Waals surface area contributed by atoms with Gasteiger partial charge in [0.1, 0.15) is 5.82 Å². The predicted octanol–water partition coefficient (Wildman–Crippen LogP) is 2.69. The van der Waals surface area contributed by atoms with E-state index in [4.69, 9.17) is 0 Å². The normalized spacial score (nSPS) is 19.6. The zero-order valence-electron chi connectivity index (χ0n) is 10.2. The largest absolute Gasteiger partial charge is 0.308 e. The first kappa shape index (κ1) is 13.5. The van der Waals surface area contributed by atoms with Crippen LogP contribution in [0.3, 0.4) is 0 Å². The zero-order valence-corrected chi connectivity index (χ0v) is 11.8. The van der Waals surface area contributed by atoms with E-state index in [9.17, 15) is 9.18 Å². The third-order valence-electron chi connectivity index (χ3n) is 3.05. The number of hydrogen-bond acceptors (Lipinski definition) is 2. The second-order valence-electron chi connectivity index (χ2n) is 4.38. The summed E-state index contributed by atoms with van der Waals surface area (Å²) in [6.45, 7) is 3.43. The van der Waals surface area contributed by atoms with Crippen molar-refractivity contribution in [2.75, 3.05) is 18.0 Å². The number of nitrogens with one attached hydrogen (secondary N) is 1. The lowest BCUT2D eigenvalue weighted by Gasteiger charge is -2.18. The SMILES string of the molecule is CCCNC1CCN(c2cc(Br)ccc2F)C1=O. The Morgan fingerprint density at radius 3 is 3.06 bits per heavy atom. The Kier molecular flexibility index (Phi) is 4.35. The summed E-state index contributed by atoms with van der Waals surface area (Å²) in [7, 11) is 0. The molecule has 0 radical (unpaired) electrons. The smallest absolute Gasteiger partial charge is 0.244 e. The van der Waals surface area contributed by atoms with Gasteiger partial charge >= 0.3 is 0 Å². The van der Waals surface area contributed by atoms with Crippen LogP contribution in [0.1, 0.15) is 19.8 Å². The standard InChI is InChI=1S/C13H16BrFN2O/c1-2-6-16-11-5-7-17(13(11)18)12-8-9(14)3-4-10(12)15/h3-4,8,11,16H,2,5-7H2,1H3. The van der Waals surface area contributed by atoms with E-state index in [1.807, 2.05) is 0 Å². The Labute approximate surface area is 114 Å². The molecule has 1 heterocycles. The van der Waals surface area contributed by atoms with Crippen molar-refractivity contribution in [2.45, 2.75) is 25.8 Å². The summed E-state index contributed by atoms with van der Waals surface area (Å²) in [6.07, 6.45) is 1.71. The summed E-state index contributed by atoms with van der Waals surface area (Å²) in [6, 6.07) is 4.48. The number of benzene rings is 1. The van der Waals surface area contributed by atoms with Gasteiger partial charge in [0.25, 0.3) is 0 Å². The van der Waals surface area contributed by atoms with Crippen molar-refractivity contribution in [1.82, 2.24) is 5.32 Å². The molecule has 5 heteroatoms. The molecule has 3 nitrogen and oxygen atoms in total. The van der Waals surface area contributed by atoms with Gasteiger partial charge in [-0.15, -0.1) is 0 Å². The molecule has 0 spiro atoms. The fourth-order valence-corrected chi connectivity index (χ4v) is 2.47. The summed E-state index contributed by atoms with van der Waals surface area (Å²) < 4.78 is 14.5. The lowest BCUT2D eigenvalue weighted by molar-refractivity contribution is -0.118. The molecule has 0 aromatic heterocycles. The molecule has 18 heavy (non-hydrogen) atoms. The van der Waals surface area contributed by atoms with Crippen LogP contribution < -0.4 is 10.2 Å². The molecule has 1 N–H and O–H groups in total. The molecule has 1 unspecified atom stereocenters. The maximum Gasteiger partial charge on any atom is 0.244 e. The predicted molar refractivity (Wildman–Crippen MR) is 73.2 cm³/mol. The molecule has 1 aromatic carbocycles. The number of carbonyl (C=O) groups is 1. The van der Waals surface area contributed by atoms with Gasteiger partial charge in [-0.2, -0.15) is 0 Å². The van der Waals surface area contributed by atoms with Gasteiger partial charge in [0.05, 0.1) is 11.7 Å². The first-order chi connectivity index (χ1) is 8.63. The van der Waals surface area contributed by atoms with Gasteiger partial charge < -0.3 is 10.2 Å². The molecule has 1 aliphatic heterocycles. The minimum atomic E-state index is -0.359. The van der Waals surface area contributed by atoms with E-state index in [0.29, 0.717) is 12.2 Å². The average molecular weight is 315 g/mol. The van der Waals surface area contributed by atoms with E-state index in [1.165, 1.54) is 11.0 Å². The summed E-state index contributed by atoms with van der Waals surface area (Å²) in [5.74, 6) is -0.400. The molecule has 1 aliphatic rings. The van der Waals surface area contributed by atoms with Gasteiger partial charge in [0.15, 0.2) is 0 Å². The number of hydrogen-bond donors (Lipinski definition) is 1. The molecule has 98 valence electrons. The summed E-state index contributed by atoms with van der Waals surface area (Å²) in [4.78, 5) is 13.7. The van der Waals surface area contributed by atoms with Crippen molar-refractivity contribution in [1.29, 1.82) is 0 Å². The van der Waals surface area contributed by atoms with Crippen LogP contribution in [0.15, 0.2) is 22.7 Å². The molecular weight excluding hydrogens is 299 g/mol. The van der Waals surface area contributed by atoms with Crippen LogP contribution in [0.25, 0.3) is 0 Å². The van der Waals surface area contributed by atoms with Crippen LogP contribution >= 0.6 is 15.9 Å². The van der Waals surface area contributed by atoms with E-state index in [1.54, 1.807) is 12.1 Å². The molecule has 0 bridgehead atoms. The van der Waals surface area contributed by atoms with Crippen LogP contribution in [0.5, 0.6) is 0 Å². The van der Waals surface area contributed by atoms with Crippen LogP contribution in [-0.2, 0) is 4.79 Å². The lowest BCUT2D eigenvalue weighted by atomic mass is 10.2. The van der Waals surface area contributed by atoms with E-state index >= 15 is 0 Å². The van der Waals surface area contributed by atoms with Crippen LogP contribution in [0.4, 0.5) is 10.1 Å². The van der Waals surface area contributed by atoms with E-state index in [-0.39, 0.29) is 17.8 Å². The summed E-state index contributed by atoms with van der Waals surface area (Å²) >= 11 is 3.30. The zero-order chi connectivity index (χ0) is 13.1. The van der Waals surface area contributed by atoms with Gasteiger partial charge in [-0.25, -0.2) is 4.39 Å². The fraction of sp³-hybridized carbons (Fsp3) is 0.462. The molecule has 1 fully saturated rings. The fourth-order valence-electron chi connectivity index (χ4n) is 2.12.